The van der Waals surface area contributed by atoms with Crippen LogP contribution < -0.4 is 10.6 Å². The molecule has 0 aromatic rings. The zero-order chi connectivity index (χ0) is 20.5. The van der Waals surface area contributed by atoms with Gasteiger partial charge in [0.2, 0.25) is 10.0 Å². The minimum absolute atomic E-state index is 0. The molecule has 1 saturated heterocycles. The van der Waals surface area contributed by atoms with Gasteiger partial charge in [0.1, 0.15) is 0 Å². The van der Waals surface area contributed by atoms with E-state index in [1.165, 1.54) is 36.4 Å². The second-order valence-corrected chi connectivity index (χ2v) is 10.2. The highest BCUT2D eigenvalue weighted by Crippen LogP contribution is 2.33. The van der Waals surface area contributed by atoms with Gasteiger partial charge >= 0.3 is 0 Å². The zero-order valence-electron chi connectivity index (χ0n) is 18.3. The lowest BCUT2D eigenvalue weighted by Crippen LogP contribution is -2.60. The molecule has 1 aliphatic carbocycles. The smallest absolute Gasteiger partial charge is 0.213 e. The molecule has 2 rings (SSSR count). The van der Waals surface area contributed by atoms with Crippen LogP contribution in [0.2, 0.25) is 0 Å². The molecule has 1 heterocycles. The lowest BCUT2D eigenvalue weighted by molar-refractivity contribution is -0.0352. The fourth-order valence-corrected chi connectivity index (χ4v) is 5.04. The number of halogens is 1. The Labute approximate surface area is 194 Å². The molecule has 2 fully saturated rings. The monoisotopic (exact) mass is 545 g/mol. The number of morpholine rings is 1. The molecule has 0 bridgehead atoms. The maximum Gasteiger partial charge on any atom is 0.213 e. The fourth-order valence-electron chi connectivity index (χ4n) is 4.19. The fraction of sp³-hybridized carbons (Fsp3) is 0.947. The van der Waals surface area contributed by atoms with E-state index in [4.69, 9.17) is 4.74 Å². The third-order valence-electron chi connectivity index (χ3n) is 6.06. The highest BCUT2D eigenvalue weighted by atomic mass is 127. The number of hydrogen-bond acceptors (Lipinski definition) is 5. The van der Waals surface area contributed by atoms with Gasteiger partial charge in [0.25, 0.3) is 0 Å². The Bertz CT molecular complexity index is 591. The molecule has 0 spiro atoms. The Morgan fingerprint density at radius 3 is 2.41 bits per heavy atom. The van der Waals surface area contributed by atoms with E-state index in [-0.39, 0.29) is 35.3 Å². The number of rotatable bonds is 9. The summed E-state index contributed by atoms with van der Waals surface area (Å²) in [4.78, 5) is 6.96. The van der Waals surface area contributed by atoms with Crippen molar-refractivity contribution in [2.75, 3.05) is 65.8 Å². The van der Waals surface area contributed by atoms with Gasteiger partial charge in [-0.3, -0.25) is 9.89 Å². The first-order valence-electron chi connectivity index (χ1n) is 10.6. The predicted octanol–water partition coefficient (Wildman–Crippen LogP) is 1.48. The Morgan fingerprint density at radius 1 is 1.17 bits per heavy atom. The summed E-state index contributed by atoms with van der Waals surface area (Å²) in [7, 11) is 0.317. The van der Waals surface area contributed by atoms with E-state index in [9.17, 15) is 8.42 Å². The molecule has 2 N–H and O–H groups in total. The van der Waals surface area contributed by atoms with Crippen LogP contribution in [-0.4, -0.2) is 94.9 Å². The maximum absolute atomic E-state index is 11.8. The van der Waals surface area contributed by atoms with E-state index in [1.54, 1.807) is 21.0 Å². The summed E-state index contributed by atoms with van der Waals surface area (Å²) < 4.78 is 30.6. The molecular weight excluding hydrogens is 505 g/mol. The lowest BCUT2D eigenvalue weighted by Gasteiger charge is -2.48. The van der Waals surface area contributed by atoms with Crippen LogP contribution in [0.15, 0.2) is 4.99 Å². The number of guanidine groups is 1. The number of ether oxygens (including phenoxy) is 1. The van der Waals surface area contributed by atoms with Gasteiger partial charge in [0.15, 0.2) is 5.96 Å². The zero-order valence-corrected chi connectivity index (χ0v) is 21.4. The van der Waals surface area contributed by atoms with Gasteiger partial charge in [0.05, 0.1) is 19.0 Å². The highest BCUT2D eigenvalue weighted by molar-refractivity contribution is 14.0. The number of sulfonamides is 1. The van der Waals surface area contributed by atoms with Crippen LogP contribution in [0.5, 0.6) is 0 Å². The van der Waals surface area contributed by atoms with Gasteiger partial charge in [0, 0.05) is 52.4 Å². The summed E-state index contributed by atoms with van der Waals surface area (Å²) in [6.45, 7) is 7.41. The minimum atomic E-state index is -3.11. The molecular formula is C19H40IN5O3S. The van der Waals surface area contributed by atoms with Gasteiger partial charge in [-0.1, -0.05) is 19.3 Å². The van der Waals surface area contributed by atoms with Crippen molar-refractivity contribution in [3.05, 3.63) is 0 Å². The molecule has 0 atom stereocenters. The topological polar surface area (TPSA) is 86.3 Å². The summed E-state index contributed by atoms with van der Waals surface area (Å²) >= 11 is 0. The molecule has 2 aliphatic rings. The summed E-state index contributed by atoms with van der Waals surface area (Å²) in [5, 5.41) is 6.86. The van der Waals surface area contributed by atoms with Crippen molar-refractivity contribution in [3.8, 4) is 0 Å². The number of nitrogens with zero attached hydrogens (tertiary/aromatic N) is 3. The van der Waals surface area contributed by atoms with Crippen LogP contribution in [-0.2, 0) is 14.8 Å². The molecule has 0 aromatic heterocycles. The van der Waals surface area contributed by atoms with E-state index in [2.05, 4.69) is 20.5 Å². The van der Waals surface area contributed by atoms with E-state index < -0.39 is 10.0 Å². The van der Waals surface area contributed by atoms with E-state index in [1.807, 2.05) is 0 Å². The molecule has 29 heavy (non-hydrogen) atoms. The summed E-state index contributed by atoms with van der Waals surface area (Å²) in [5.41, 5.74) is 0.190. The van der Waals surface area contributed by atoms with Crippen LogP contribution >= 0.6 is 24.0 Å². The van der Waals surface area contributed by atoms with E-state index in [0.717, 1.165) is 45.2 Å². The van der Waals surface area contributed by atoms with Gasteiger partial charge in [-0.15, -0.1) is 24.0 Å². The van der Waals surface area contributed by atoms with E-state index >= 15 is 0 Å². The molecule has 8 nitrogen and oxygen atoms in total. The van der Waals surface area contributed by atoms with Gasteiger partial charge < -0.3 is 15.4 Å². The normalized spacial score (nSPS) is 20.9. The van der Waals surface area contributed by atoms with Crippen molar-refractivity contribution in [2.24, 2.45) is 4.99 Å². The molecule has 0 aromatic carbocycles. The molecule has 0 radical (unpaired) electrons. The van der Waals surface area contributed by atoms with Crippen molar-refractivity contribution < 1.29 is 13.2 Å². The highest BCUT2D eigenvalue weighted by Gasteiger charge is 2.38. The van der Waals surface area contributed by atoms with Crippen molar-refractivity contribution in [1.29, 1.82) is 0 Å². The standard InChI is InChI=1S/C19H39N5O3S.HI/c1-4-28(25,26)23(3)12-8-11-21-18(20-2)22-17-19(9-6-5-7-10-19)24-13-15-27-16-14-24;/h4-17H2,1-3H3,(H2,20,21,22);1H. The number of hydrogen-bond donors (Lipinski definition) is 2. The Balaban J connectivity index is 0.00000420. The van der Waals surface area contributed by atoms with Gasteiger partial charge in [-0.2, -0.15) is 0 Å². The summed E-state index contributed by atoms with van der Waals surface area (Å²) in [5.74, 6) is 0.934. The molecule has 172 valence electrons. The quantitative estimate of drug-likeness (QED) is 0.198. The van der Waals surface area contributed by atoms with E-state index in [0.29, 0.717) is 13.1 Å². The summed E-state index contributed by atoms with van der Waals surface area (Å²) in [6, 6.07) is 0. The van der Waals surface area contributed by atoms with Crippen molar-refractivity contribution in [3.63, 3.8) is 0 Å². The Kier molecular flexibility index (Phi) is 12.3. The van der Waals surface area contributed by atoms with Crippen LogP contribution in [0.3, 0.4) is 0 Å². The van der Waals surface area contributed by atoms with Crippen molar-refractivity contribution >= 4 is 40.0 Å². The average Bonchev–Trinajstić information content (AvgIpc) is 2.74. The van der Waals surface area contributed by atoms with Crippen molar-refractivity contribution in [2.45, 2.75) is 51.0 Å². The molecule has 1 aliphatic heterocycles. The first kappa shape index (κ1) is 26.9. The van der Waals surface area contributed by atoms with Crippen LogP contribution in [0, 0.1) is 0 Å². The van der Waals surface area contributed by atoms with Gasteiger partial charge in [-0.25, -0.2) is 12.7 Å². The second-order valence-electron chi connectivity index (χ2n) is 7.81. The Hall–Kier alpha value is -0.170. The minimum Gasteiger partial charge on any atom is -0.379 e. The lowest BCUT2D eigenvalue weighted by atomic mass is 9.80. The molecule has 10 heteroatoms. The van der Waals surface area contributed by atoms with Gasteiger partial charge in [-0.05, 0) is 26.2 Å². The SMILES string of the molecule is CCS(=O)(=O)N(C)CCCNC(=NC)NCC1(N2CCOCC2)CCCCC1.I. The summed E-state index contributed by atoms with van der Waals surface area (Å²) in [6.07, 6.45) is 7.07. The number of aliphatic imine (C=N–C) groups is 1. The third kappa shape index (κ3) is 8.12. The molecule has 0 unspecified atom stereocenters. The maximum atomic E-state index is 11.8. The molecule has 0 amide bonds. The Morgan fingerprint density at radius 2 is 1.83 bits per heavy atom. The average molecular weight is 546 g/mol. The van der Waals surface area contributed by atoms with Crippen molar-refractivity contribution in [1.82, 2.24) is 19.8 Å². The third-order valence-corrected chi connectivity index (χ3v) is 7.92. The van der Waals surface area contributed by atoms with Crippen LogP contribution in [0.1, 0.15) is 45.4 Å². The first-order valence-corrected chi connectivity index (χ1v) is 12.3. The predicted molar refractivity (Wildman–Crippen MR) is 130 cm³/mol. The van der Waals surface area contributed by atoms with Crippen LogP contribution in [0.4, 0.5) is 0 Å². The molecule has 1 saturated carbocycles. The van der Waals surface area contributed by atoms with Crippen LogP contribution in [0.25, 0.3) is 0 Å². The first-order chi connectivity index (χ1) is 13.4. The largest absolute Gasteiger partial charge is 0.379 e. The second kappa shape index (κ2) is 13.3. The number of nitrogens with one attached hydrogen (secondary N) is 2.